The molecule has 3 aromatic rings. The third-order valence-corrected chi connectivity index (χ3v) is 7.08. The van der Waals surface area contributed by atoms with Crippen molar-refractivity contribution >= 4 is 17.5 Å². The van der Waals surface area contributed by atoms with Crippen molar-refractivity contribution in [3.63, 3.8) is 0 Å². The van der Waals surface area contributed by atoms with Crippen molar-refractivity contribution in [2.75, 3.05) is 31.2 Å². The van der Waals surface area contributed by atoms with Gasteiger partial charge in [0.05, 0.1) is 19.8 Å². The summed E-state index contributed by atoms with van der Waals surface area (Å²) < 4.78 is 5.45. The largest absolute Gasteiger partial charge is 0.378 e. The lowest BCUT2D eigenvalue weighted by molar-refractivity contribution is -0.120. The van der Waals surface area contributed by atoms with E-state index in [0.29, 0.717) is 24.0 Å². The summed E-state index contributed by atoms with van der Waals surface area (Å²) in [5.41, 5.74) is 8.65. The number of carbonyl (C=O) groups is 2. The summed E-state index contributed by atoms with van der Waals surface area (Å²) in [6.07, 6.45) is 2.42. The predicted octanol–water partition coefficient (Wildman–Crippen LogP) is 4.17. The predicted molar refractivity (Wildman–Crippen MR) is 154 cm³/mol. The van der Waals surface area contributed by atoms with Gasteiger partial charge < -0.3 is 14.6 Å². The van der Waals surface area contributed by atoms with Gasteiger partial charge in [0.1, 0.15) is 0 Å². The van der Waals surface area contributed by atoms with Crippen molar-refractivity contribution in [2.24, 2.45) is 0 Å². The molecular weight excluding hydrogens is 492 g/mol. The van der Waals surface area contributed by atoms with Crippen LogP contribution >= 0.6 is 0 Å². The lowest BCUT2D eigenvalue weighted by atomic mass is 9.98. The Hall–Kier alpha value is -4.17. The fourth-order valence-corrected chi connectivity index (χ4v) is 4.74. The quantitative estimate of drug-likeness (QED) is 0.338. The molecule has 2 N–H and O–H groups in total. The van der Waals surface area contributed by atoms with E-state index in [1.54, 1.807) is 0 Å². The maximum absolute atomic E-state index is 13.8. The van der Waals surface area contributed by atoms with Crippen molar-refractivity contribution < 1.29 is 14.3 Å². The molecule has 0 unspecified atom stereocenters. The number of carbonyl (C=O) groups excluding carboxylic acids is 2. The Morgan fingerprint density at radius 1 is 1.05 bits per heavy atom. The molecule has 1 saturated heterocycles. The van der Waals surface area contributed by atoms with Gasteiger partial charge >= 0.3 is 0 Å². The SMILES string of the molecule is C=CC(=O)NN(Cc1c(CC)cc(CC)[nH]c1=O)C(=O)c1cc(-c2ccc(N3CCOCC3)cc2)ccc1C. The van der Waals surface area contributed by atoms with Gasteiger partial charge in [0.25, 0.3) is 17.4 Å². The number of pyridine rings is 1. The molecule has 1 fully saturated rings. The van der Waals surface area contributed by atoms with Gasteiger partial charge in [-0.25, -0.2) is 5.01 Å². The molecule has 0 atom stereocenters. The minimum absolute atomic E-state index is 0.0706. The number of morpholine rings is 1. The highest BCUT2D eigenvalue weighted by atomic mass is 16.5. The van der Waals surface area contributed by atoms with Crippen molar-refractivity contribution in [2.45, 2.75) is 40.2 Å². The maximum atomic E-state index is 13.8. The number of nitrogens with one attached hydrogen (secondary N) is 2. The number of hydrogen-bond acceptors (Lipinski definition) is 5. The van der Waals surface area contributed by atoms with Crippen LogP contribution in [0.25, 0.3) is 11.1 Å². The third-order valence-electron chi connectivity index (χ3n) is 7.08. The number of hydrogen-bond donors (Lipinski definition) is 2. The maximum Gasteiger partial charge on any atom is 0.272 e. The number of benzene rings is 2. The van der Waals surface area contributed by atoms with Crippen LogP contribution in [0.5, 0.6) is 0 Å². The molecule has 8 heteroatoms. The number of H-pyrrole nitrogens is 1. The molecule has 0 aliphatic carbocycles. The highest BCUT2D eigenvalue weighted by molar-refractivity contribution is 5.99. The number of nitrogens with zero attached hydrogens (tertiary/aromatic N) is 2. The Labute approximate surface area is 229 Å². The van der Waals surface area contributed by atoms with E-state index < -0.39 is 11.8 Å². The highest BCUT2D eigenvalue weighted by Crippen LogP contribution is 2.26. The summed E-state index contributed by atoms with van der Waals surface area (Å²) in [7, 11) is 0. The van der Waals surface area contributed by atoms with Gasteiger partial charge in [0, 0.05) is 35.6 Å². The number of aromatic amines is 1. The van der Waals surface area contributed by atoms with E-state index in [1.807, 2.05) is 57.2 Å². The van der Waals surface area contributed by atoms with Crippen LogP contribution in [-0.4, -0.2) is 48.1 Å². The lowest BCUT2D eigenvalue weighted by Crippen LogP contribution is -2.46. The molecule has 2 amide bonds. The van der Waals surface area contributed by atoms with E-state index >= 15 is 0 Å². The number of anilines is 1. The molecule has 0 spiro atoms. The summed E-state index contributed by atoms with van der Waals surface area (Å²) in [6, 6.07) is 15.9. The van der Waals surface area contributed by atoms with Gasteiger partial charge in [-0.3, -0.25) is 19.8 Å². The first-order chi connectivity index (χ1) is 18.8. The molecule has 1 aromatic heterocycles. The average molecular weight is 529 g/mol. The number of aromatic nitrogens is 1. The van der Waals surface area contributed by atoms with Crippen LogP contribution in [-0.2, 0) is 28.9 Å². The van der Waals surface area contributed by atoms with Crippen molar-refractivity contribution in [1.82, 2.24) is 15.4 Å². The molecule has 2 aromatic carbocycles. The van der Waals surface area contributed by atoms with E-state index in [0.717, 1.165) is 66.0 Å². The Morgan fingerprint density at radius 2 is 1.74 bits per heavy atom. The first kappa shape index (κ1) is 27.9. The van der Waals surface area contributed by atoms with E-state index in [9.17, 15) is 14.4 Å². The standard InChI is InChI=1S/C31H36N4O4/c1-5-22-18-25(6-2)32-30(37)28(22)20-35(33-29(36)7-3)31(38)27-19-24(9-8-21(27)4)23-10-12-26(13-11-23)34-14-16-39-17-15-34/h7-13,18-19H,3,5-6,14-17,20H2,1-2,4H3,(H,32,37)(H,33,36). The lowest BCUT2D eigenvalue weighted by Gasteiger charge is -2.29. The minimum atomic E-state index is -0.532. The Bertz CT molecular complexity index is 1410. The van der Waals surface area contributed by atoms with Gasteiger partial charge in [-0.15, -0.1) is 0 Å². The zero-order valence-electron chi connectivity index (χ0n) is 22.9. The summed E-state index contributed by atoms with van der Waals surface area (Å²) >= 11 is 0. The van der Waals surface area contributed by atoms with Gasteiger partial charge in [0.2, 0.25) is 0 Å². The number of rotatable bonds is 8. The first-order valence-electron chi connectivity index (χ1n) is 13.4. The summed E-state index contributed by atoms with van der Waals surface area (Å²) in [5, 5.41) is 1.20. The van der Waals surface area contributed by atoms with Crippen LogP contribution in [0.2, 0.25) is 0 Å². The molecule has 0 radical (unpaired) electrons. The zero-order chi connectivity index (χ0) is 27.9. The zero-order valence-corrected chi connectivity index (χ0v) is 22.9. The third kappa shape index (κ3) is 6.46. The van der Waals surface area contributed by atoms with Crippen LogP contribution in [0.3, 0.4) is 0 Å². The summed E-state index contributed by atoms with van der Waals surface area (Å²) in [5.74, 6) is -0.939. The van der Waals surface area contributed by atoms with Gasteiger partial charge in [0.15, 0.2) is 0 Å². The number of aryl methyl sites for hydroxylation is 3. The molecule has 0 saturated carbocycles. The van der Waals surface area contributed by atoms with E-state index in [1.165, 1.54) is 5.01 Å². The van der Waals surface area contributed by atoms with Gasteiger partial charge in [-0.2, -0.15) is 0 Å². The monoisotopic (exact) mass is 528 g/mol. The molecule has 204 valence electrons. The number of hydrazine groups is 1. The normalized spacial score (nSPS) is 13.2. The molecule has 8 nitrogen and oxygen atoms in total. The molecule has 1 aliphatic rings. The van der Waals surface area contributed by atoms with Crippen LogP contribution in [0, 0.1) is 6.92 Å². The topological polar surface area (TPSA) is 94.7 Å². The second-order valence-corrected chi connectivity index (χ2v) is 9.58. The van der Waals surface area contributed by atoms with Gasteiger partial charge in [-0.05, 0) is 72.4 Å². The minimum Gasteiger partial charge on any atom is -0.378 e. The molecule has 1 aliphatic heterocycles. The fourth-order valence-electron chi connectivity index (χ4n) is 4.74. The van der Waals surface area contributed by atoms with Crippen molar-refractivity contribution in [1.29, 1.82) is 0 Å². The molecular formula is C31H36N4O4. The first-order valence-corrected chi connectivity index (χ1v) is 13.4. The number of amides is 2. The van der Waals surface area contributed by atoms with Crippen LogP contribution < -0.4 is 15.9 Å². The molecule has 0 bridgehead atoms. The van der Waals surface area contributed by atoms with E-state index in [2.05, 4.69) is 34.0 Å². The van der Waals surface area contributed by atoms with E-state index in [-0.39, 0.29) is 12.1 Å². The Kier molecular flexibility index (Phi) is 8.99. The van der Waals surface area contributed by atoms with Crippen molar-refractivity contribution in [3.8, 4) is 11.1 Å². The fraction of sp³-hybridized carbons (Fsp3) is 0.323. The van der Waals surface area contributed by atoms with Crippen LogP contribution in [0.4, 0.5) is 5.69 Å². The summed E-state index contributed by atoms with van der Waals surface area (Å²) in [4.78, 5) is 44.3. The summed E-state index contributed by atoms with van der Waals surface area (Å²) in [6.45, 7) is 12.4. The van der Waals surface area contributed by atoms with Crippen LogP contribution in [0.1, 0.15) is 46.6 Å². The average Bonchev–Trinajstić information content (AvgIpc) is 2.97. The van der Waals surface area contributed by atoms with Gasteiger partial charge in [-0.1, -0.05) is 44.7 Å². The van der Waals surface area contributed by atoms with Crippen LogP contribution in [0.15, 0.2) is 66.0 Å². The van der Waals surface area contributed by atoms with Crippen molar-refractivity contribution in [3.05, 3.63) is 99.5 Å². The Balaban J connectivity index is 1.65. The number of ether oxygens (including phenoxy) is 1. The van der Waals surface area contributed by atoms with E-state index in [4.69, 9.17) is 4.74 Å². The molecule has 39 heavy (non-hydrogen) atoms. The molecule has 2 heterocycles. The second kappa shape index (κ2) is 12.6. The highest BCUT2D eigenvalue weighted by Gasteiger charge is 2.23. The molecule has 4 rings (SSSR count). The smallest absolute Gasteiger partial charge is 0.272 e. The Morgan fingerprint density at radius 3 is 2.38 bits per heavy atom. The second-order valence-electron chi connectivity index (χ2n) is 9.58.